The predicted octanol–water partition coefficient (Wildman–Crippen LogP) is 3.32. The first-order valence-electron chi connectivity index (χ1n) is 9.87. The number of urea groups is 1. The molecule has 5 rings (SSSR count). The van der Waals surface area contributed by atoms with Crippen LogP contribution < -0.4 is 30.2 Å². The van der Waals surface area contributed by atoms with Gasteiger partial charge in [-0.1, -0.05) is 66.7 Å². The normalized spacial score (nSPS) is 21.4. The number of hydrogen-bond donors (Lipinski definition) is 4. The molecule has 4 N–H and O–H groups in total. The van der Waals surface area contributed by atoms with E-state index in [1.54, 1.807) is 0 Å². The van der Waals surface area contributed by atoms with Crippen molar-refractivity contribution in [1.29, 1.82) is 0 Å². The third kappa shape index (κ3) is 4.12. The van der Waals surface area contributed by atoms with Crippen LogP contribution in [-0.4, -0.2) is 18.0 Å². The number of hydrazone groups is 1. The van der Waals surface area contributed by atoms with Crippen LogP contribution in [0.1, 0.15) is 11.7 Å². The summed E-state index contributed by atoms with van der Waals surface area (Å²) >= 11 is 1.39. The lowest BCUT2D eigenvalue weighted by Gasteiger charge is -2.39. The van der Waals surface area contributed by atoms with Gasteiger partial charge in [0.2, 0.25) is 0 Å². The highest BCUT2D eigenvalue weighted by atomic mass is 32.2. The van der Waals surface area contributed by atoms with E-state index in [1.807, 2.05) is 78.9 Å². The Hall–Kier alpha value is -3.37. The molecular formula is C22H21N7OS. The molecule has 2 heterocycles. The summed E-state index contributed by atoms with van der Waals surface area (Å²) in [6, 6.07) is 28.7. The van der Waals surface area contributed by atoms with Crippen LogP contribution in [0.5, 0.6) is 0 Å². The molecule has 3 aromatic rings. The number of nitrogens with zero attached hydrogens (tertiary/aromatic N) is 3. The number of hydrazine groups is 1. The predicted molar refractivity (Wildman–Crippen MR) is 124 cm³/mol. The van der Waals surface area contributed by atoms with E-state index in [9.17, 15) is 4.79 Å². The van der Waals surface area contributed by atoms with Crippen molar-refractivity contribution in [1.82, 2.24) is 20.2 Å². The molecule has 0 radical (unpaired) electrons. The van der Waals surface area contributed by atoms with Gasteiger partial charge < -0.3 is 0 Å². The van der Waals surface area contributed by atoms with Gasteiger partial charge in [0.15, 0.2) is 5.84 Å². The summed E-state index contributed by atoms with van der Waals surface area (Å²) in [4.78, 5) is 13.3. The van der Waals surface area contributed by atoms with Crippen molar-refractivity contribution in [3.63, 3.8) is 0 Å². The zero-order chi connectivity index (χ0) is 21.0. The number of rotatable bonds is 4. The maximum absolute atomic E-state index is 13.3. The highest BCUT2D eigenvalue weighted by molar-refractivity contribution is 7.95. The summed E-state index contributed by atoms with van der Waals surface area (Å²) in [5.74, 6) is 0.572. The second-order valence-corrected chi connectivity index (χ2v) is 7.65. The summed E-state index contributed by atoms with van der Waals surface area (Å²) in [7, 11) is 0. The summed E-state index contributed by atoms with van der Waals surface area (Å²) in [6.07, 6.45) is -0.420. The molecule has 0 aromatic heterocycles. The van der Waals surface area contributed by atoms with Gasteiger partial charge in [-0.15, -0.1) is 5.10 Å². The molecule has 3 aromatic carbocycles. The van der Waals surface area contributed by atoms with Gasteiger partial charge in [-0.25, -0.2) is 19.2 Å². The molecule has 1 saturated heterocycles. The topological polar surface area (TPSA) is 84.0 Å². The quantitative estimate of drug-likeness (QED) is 0.475. The first-order valence-corrected chi connectivity index (χ1v) is 10.7. The van der Waals surface area contributed by atoms with Crippen LogP contribution in [0.3, 0.4) is 0 Å². The lowest BCUT2D eigenvalue weighted by Crippen LogP contribution is -2.65. The monoisotopic (exact) mass is 431 g/mol. The van der Waals surface area contributed by atoms with Gasteiger partial charge in [0.25, 0.3) is 0 Å². The number of amides is 2. The Morgan fingerprint density at radius 2 is 1.32 bits per heavy atom. The molecule has 0 spiro atoms. The smallest absolute Gasteiger partial charge is 0.275 e. The van der Waals surface area contributed by atoms with Crippen LogP contribution in [0.2, 0.25) is 0 Å². The van der Waals surface area contributed by atoms with E-state index < -0.39 is 0 Å². The minimum atomic E-state index is -0.331. The number of nitrogens with one attached hydrogen (secondary N) is 4. The number of anilines is 2. The van der Waals surface area contributed by atoms with Gasteiger partial charge in [0, 0.05) is 12.1 Å². The molecule has 2 aliphatic rings. The van der Waals surface area contributed by atoms with Gasteiger partial charge in [-0.3, -0.25) is 10.7 Å². The number of benzene rings is 3. The Bertz CT molecular complexity index is 1060. The van der Waals surface area contributed by atoms with Crippen molar-refractivity contribution in [2.45, 2.75) is 12.3 Å². The van der Waals surface area contributed by atoms with E-state index in [4.69, 9.17) is 0 Å². The molecule has 0 saturated carbocycles. The number of carbonyl (C=O) groups is 1. The Morgan fingerprint density at radius 3 is 2.00 bits per heavy atom. The maximum atomic E-state index is 13.3. The third-order valence-electron chi connectivity index (χ3n) is 4.91. The standard InChI is InChI=1S/C22H21N7OS/c30-22-28(17-12-6-2-7-13-17)24-21(25-29(22)18-14-8-3-9-15-18)20-23-19(26-31-27-20)16-10-4-1-5-11-16/h1-15,19-20,23,26-27H,(H,24,25). The Balaban J connectivity index is 1.48. The van der Waals surface area contributed by atoms with Gasteiger partial charge in [0.1, 0.15) is 6.17 Å². The van der Waals surface area contributed by atoms with Crippen molar-refractivity contribution in [2.75, 3.05) is 10.0 Å². The van der Waals surface area contributed by atoms with Gasteiger partial charge in [-0.2, -0.15) is 5.01 Å². The average molecular weight is 432 g/mol. The van der Waals surface area contributed by atoms with Crippen LogP contribution in [-0.2, 0) is 0 Å². The molecule has 0 bridgehead atoms. The second-order valence-electron chi connectivity index (χ2n) is 6.98. The average Bonchev–Trinajstić information content (AvgIpc) is 2.86. The fourth-order valence-corrected chi connectivity index (χ4v) is 4.06. The number of amidine groups is 1. The summed E-state index contributed by atoms with van der Waals surface area (Å²) in [5, 5.41) is 11.1. The molecule has 0 aliphatic carbocycles. The molecule has 2 unspecified atom stereocenters. The van der Waals surface area contributed by atoms with Crippen molar-refractivity contribution in [3.05, 3.63) is 96.6 Å². The van der Waals surface area contributed by atoms with Gasteiger partial charge in [0.05, 0.1) is 17.5 Å². The van der Waals surface area contributed by atoms with Crippen molar-refractivity contribution < 1.29 is 4.79 Å². The number of para-hydroxylation sites is 2. The van der Waals surface area contributed by atoms with E-state index >= 15 is 0 Å². The largest absolute Gasteiger partial charge is 0.368 e. The zero-order valence-corrected chi connectivity index (χ0v) is 17.3. The highest BCUT2D eigenvalue weighted by Crippen LogP contribution is 2.24. The summed E-state index contributed by atoms with van der Waals surface area (Å²) in [5.41, 5.74) is 5.71. The van der Waals surface area contributed by atoms with Crippen LogP contribution in [0.25, 0.3) is 0 Å². The molecule has 31 heavy (non-hydrogen) atoms. The van der Waals surface area contributed by atoms with Crippen molar-refractivity contribution in [3.8, 4) is 0 Å². The van der Waals surface area contributed by atoms with Crippen molar-refractivity contribution >= 4 is 35.4 Å². The molecular weight excluding hydrogens is 410 g/mol. The highest BCUT2D eigenvalue weighted by Gasteiger charge is 2.35. The molecule has 2 aliphatic heterocycles. The lowest BCUT2D eigenvalue weighted by molar-refractivity contribution is 0.249. The van der Waals surface area contributed by atoms with E-state index in [1.165, 1.54) is 22.2 Å². The van der Waals surface area contributed by atoms with Crippen LogP contribution in [0, 0.1) is 0 Å². The van der Waals surface area contributed by atoms with Gasteiger partial charge in [-0.05, 0) is 29.8 Å². The summed E-state index contributed by atoms with van der Waals surface area (Å²) < 4.78 is 6.60. The second kappa shape index (κ2) is 8.78. The van der Waals surface area contributed by atoms with Gasteiger partial charge >= 0.3 is 6.03 Å². The maximum Gasteiger partial charge on any atom is 0.368 e. The first-order chi connectivity index (χ1) is 15.3. The van der Waals surface area contributed by atoms with Crippen LogP contribution in [0.15, 0.2) is 96.1 Å². The first kappa shape index (κ1) is 19.6. The van der Waals surface area contributed by atoms with Crippen LogP contribution in [0.4, 0.5) is 16.2 Å². The molecule has 2 atom stereocenters. The minimum Gasteiger partial charge on any atom is -0.275 e. The number of carbonyl (C=O) groups excluding carboxylic acids is 1. The molecule has 2 amide bonds. The van der Waals surface area contributed by atoms with E-state index in [0.717, 1.165) is 11.3 Å². The summed E-state index contributed by atoms with van der Waals surface area (Å²) in [6.45, 7) is 0. The number of hydrogen-bond acceptors (Lipinski definition) is 7. The van der Waals surface area contributed by atoms with Crippen molar-refractivity contribution in [2.24, 2.45) is 5.10 Å². The van der Waals surface area contributed by atoms with Crippen LogP contribution >= 0.6 is 12.1 Å². The van der Waals surface area contributed by atoms with E-state index in [0.29, 0.717) is 11.5 Å². The fourth-order valence-electron chi connectivity index (χ4n) is 3.37. The zero-order valence-electron chi connectivity index (χ0n) is 16.5. The third-order valence-corrected chi connectivity index (χ3v) is 5.62. The fraction of sp³-hybridized carbons (Fsp3) is 0.0909. The molecule has 9 heteroatoms. The minimum absolute atomic E-state index is 0.0880. The SMILES string of the molecule is O=C1N(c2ccccc2)N=C(C2NSNC(c3ccccc3)N2)NN1c1ccccc1. The van der Waals surface area contributed by atoms with E-state index in [-0.39, 0.29) is 18.4 Å². The Labute approximate surface area is 184 Å². The molecule has 8 nitrogen and oxygen atoms in total. The Kier molecular flexibility index (Phi) is 5.55. The van der Waals surface area contributed by atoms with E-state index in [2.05, 4.69) is 37.4 Å². The lowest BCUT2D eigenvalue weighted by atomic mass is 10.2. The Morgan fingerprint density at radius 1 is 0.742 bits per heavy atom. The molecule has 156 valence electrons. The molecule has 1 fully saturated rings.